The van der Waals surface area contributed by atoms with Crippen molar-refractivity contribution in [2.45, 2.75) is 32.4 Å². The summed E-state index contributed by atoms with van der Waals surface area (Å²) >= 11 is 0. The van der Waals surface area contributed by atoms with Crippen LogP contribution in [-0.2, 0) is 6.54 Å². The lowest BCUT2D eigenvalue weighted by Crippen LogP contribution is -2.33. The summed E-state index contributed by atoms with van der Waals surface area (Å²) < 4.78 is 17.2. The Morgan fingerprint density at radius 2 is 1.84 bits per heavy atom. The SMILES string of the molecule is Cc1ccc(C(CNCc2ccc3c(c2)OCCO3)N2CCCC2)o1. The first-order valence-corrected chi connectivity index (χ1v) is 9.19. The first-order chi connectivity index (χ1) is 12.3. The van der Waals surface area contributed by atoms with E-state index in [1.807, 2.05) is 13.0 Å². The Hall–Kier alpha value is -1.98. The smallest absolute Gasteiger partial charge is 0.161 e. The minimum atomic E-state index is 0.299. The maximum atomic E-state index is 5.92. The highest BCUT2D eigenvalue weighted by atomic mass is 16.6. The summed E-state index contributed by atoms with van der Waals surface area (Å²) in [5.74, 6) is 3.74. The van der Waals surface area contributed by atoms with Crippen LogP contribution in [0.4, 0.5) is 0 Å². The van der Waals surface area contributed by atoms with Crippen LogP contribution in [0.25, 0.3) is 0 Å². The Balaban J connectivity index is 1.39. The fraction of sp³-hybridized carbons (Fsp3) is 0.500. The Kier molecular flexibility index (Phi) is 4.95. The number of aryl methyl sites for hydroxylation is 1. The van der Waals surface area contributed by atoms with E-state index >= 15 is 0 Å². The maximum Gasteiger partial charge on any atom is 0.161 e. The number of rotatable bonds is 6. The molecule has 1 fully saturated rings. The van der Waals surface area contributed by atoms with Crippen molar-refractivity contribution in [3.8, 4) is 11.5 Å². The highest BCUT2D eigenvalue weighted by Gasteiger charge is 2.25. The predicted molar refractivity (Wildman–Crippen MR) is 96.1 cm³/mol. The first-order valence-electron chi connectivity index (χ1n) is 9.19. The summed E-state index contributed by atoms with van der Waals surface area (Å²) in [6.07, 6.45) is 2.55. The van der Waals surface area contributed by atoms with Gasteiger partial charge in [0.15, 0.2) is 11.5 Å². The van der Waals surface area contributed by atoms with E-state index in [4.69, 9.17) is 13.9 Å². The number of likely N-dealkylation sites (tertiary alicyclic amines) is 1. The van der Waals surface area contributed by atoms with Gasteiger partial charge in [0, 0.05) is 13.1 Å². The van der Waals surface area contributed by atoms with Crippen molar-refractivity contribution in [3.05, 3.63) is 47.4 Å². The largest absolute Gasteiger partial charge is 0.486 e. The Labute approximate surface area is 148 Å². The maximum absolute atomic E-state index is 5.92. The highest BCUT2D eigenvalue weighted by molar-refractivity contribution is 5.43. The summed E-state index contributed by atoms with van der Waals surface area (Å²) in [6.45, 7) is 7.24. The number of ether oxygens (including phenoxy) is 2. The van der Waals surface area contributed by atoms with E-state index in [0.29, 0.717) is 19.3 Å². The summed E-state index contributed by atoms with van der Waals surface area (Å²) in [6, 6.07) is 10.6. The molecule has 0 amide bonds. The number of nitrogens with zero attached hydrogens (tertiary/aromatic N) is 1. The third-order valence-corrected chi connectivity index (χ3v) is 4.94. The summed E-state index contributed by atoms with van der Waals surface area (Å²) in [5, 5.41) is 3.60. The second-order valence-electron chi connectivity index (χ2n) is 6.82. The summed E-state index contributed by atoms with van der Waals surface area (Å²) in [7, 11) is 0. The lowest BCUT2D eigenvalue weighted by molar-refractivity contribution is 0.171. The van der Waals surface area contributed by atoms with Gasteiger partial charge >= 0.3 is 0 Å². The first kappa shape index (κ1) is 16.5. The molecule has 0 bridgehead atoms. The van der Waals surface area contributed by atoms with Crippen LogP contribution in [0.2, 0.25) is 0 Å². The van der Waals surface area contributed by atoms with E-state index < -0.39 is 0 Å². The topological polar surface area (TPSA) is 46.9 Å². The molecule has 3 heterocycles. The number of fused-ring (bicyclic) bond motifs is 1. The van der Waals surface area contributed by atoms with Gasteiger partial charge in [0.2, 0.25) is 0 Å². The van der Waals surface area contributed by atoms with Crippen molar-refractivity contribution in [1.82, 2.24) is 10.2 Å². The van der Waals surface area contributed by atoms with Crippen molar-refractivity contribution in [2.24, 2.45) is 0 Å². The van der Waals surface area contributed by atoms with Crippen molar-refractivity contribution < 1.29 is 13.9 Å². The molecule has 134 valence electrons. The molecule has 0 saturated carbocycles. The van der Waals surface area contributed by atoms with E-state index in [-0.39, 0.29) is 0 Å². The van der Waals surface area contributed by atoms with Gasteiger partial charge in [-0.3, -0.25) is 4.90 Å². The van der Waals surface area contributed by atoms with E-state index in [9.17, 15) is 0 Å². The van der Waals surface area contributed by atoms with Crippen molar-refractivity contribution >= 4 is 0 Å². The van der Waals surface area contributed by atoms with E-state index in [1.165, 1.54) is 18.4 Å². The van der Waals surface area contributed by atoms with Crippen LogP contribution >= 0.6 is 0 Å². The molecule has 0 spiro atoms. The minimum Gasteiger partial charge on any atom is -0.486 e. The van der Waals surface area contributed by atoms with Crippen LogP contribution in [0.5, 0.6) is 11.5 Å². The fourth-order valence-electron chi connectivity index (χ4n) is 3.65. The zero-order valence-electron chi connectivity index (χ0n) is 14.8. The zero-order chi connectivity index (χ0) is 17.1. The van der Waals surface area contributed by atoms with Gasteiger partial charge in [0.25, 0.3) is 0 Å². The molecule has 2 aromatic rings. The molecule has 1 atom stereocenters. The van der Waals surface area contributed by atoms with Crippen molar-refractivity contribution in [3.63, 3.8) is 0 Å². The van der Waals surface area contributed by atoms with Crippen LogP contribution in [0.1, 0.15) is 36.0 Å². The van der Waals surface area contributed by atoms with Gasteiger partial charge in [-0.2, -0.15) is 0 Å². The number of nitrogens with one attached hydrogen (secondary N) is 1. The molecule has 2 aliphatic rings. The van der Waals surface area contributed by atoms with Crippen LogP contribution < -0.4 is 14.8 Å². The molecule has 5 heteroatoms. The second kappa shape index (κ2) is 7.50. The van der Waals surface area contributed by atoms with Gasteiger partial charge in [0.1, 0.15) is 24.7 Å². The average Bonchev–Trinajstić information content (AvgIpc) is 3.31. The normalized spacial score (nSPS) is 18.4. The zero-order valence-corrected chi connectivity index (χ0v) is 14.8. The van der Waals surface area contributed by atoms with Gasteiger partial charge < -0.3 is 19.2 Å². The quantitative estimate of drug-likeness (QED) is 0.873. The molecule has 25 heavy (non-hydrogen) atoms. The van der Waals surface area contributed by atoms with Crippen LogP contribution in [0.15, 0.2) is 34.7 Å². The number of benzene rings is 1. The predicted octanol–water partition coefficient (Wildman–Crippen LogP) is 3.29. The van der Waals surface area contributed by atoms with Crippen molar-refractivity contribution in [2.75, 3.05) is 32.8 Å². The van der Waals surface area contributed by atoms with Crippen LogP contribution in [-0.4, -0.2) is 37.7 Å². The van der Waals surface area contributed by atoms with Gasteiger partial charge in [-0.15, -0.1) is 0 Å². The van der Waals surface area contributed by atoms with E-state index in [2.05, 4.69) is 34.5 Å². The lowest BCUT2D eigenvalue weighted by Gasteiger charge is -2.26. The monoisotopic (exact) mass is 342 g/mol. The third-order valence-electron chi connectivity index (χ3n) is 4.94. The number of furan rings is 1. The Bertz CT molecular complexity index is 707. The minimum absolute atomic E-state index is 0.299. The summed E-state index contributed by atoms with van der Waals surface area (Å²) in [5.41, 5.74) is 1.21. The van der Waals surface area contributed by atoms with Crippen LogP contribution in [0, 0.1) is 6.92 Å². The molecular weight excluding hydrogens is 316 g/mol. The molecule has 1 N–H and O–H groups in total. The number of hydrogen-bond acceptors (Lipinski definition) is 5. The van der Waals surface area contributed by atoms with E-state index in [1.54, 1.807) is 0 Å². The van der Waals surface area contributed by atoms with Gasteiger partial charge in [-0.25, -0.2) is 0 Å². The Morgan fingerprint density at radius 1 is 1.04 bits per heavy atom. The van der Waals surface area contributed by atoms with Gasteiger partial charge in [0.05, 0.1) is 6.04 Å². The molecule has 1 aromatic heterocycles. The molecule has 0 radical (unpaired) electrons. The molecular formula is C20H26N2O3. The Morgan fingerprint density at radius 3 is 2.60 bits per heavy atom. The molecule has 1 unspecified atom stereocenters. The molecule has 1 saturated heterocycles. The molecule has 1 aromatic carbocycles. The second-order valence-corrected chi connectivity index (χ2v) is 6.82. The van der Waals surface area contributed by atoms with Crippen molar-refractivity contribution in [1.29, 1.82) is 0 Å². The third kappa shape index (κ3) is 3.83. The average molecular weight is 342 g/mol. The highest BCUT2D eigenvalue weighted by Crippen LogP contribution is 2.31. The number of hydrogen-bond donors (Lipinski definition) is 1. The van der Waals surface area contributed by atoms with Gasteiger partial charge in [-0.05, 0) is 62.7 Å². The molecule has 4 rings (SSSR count). The van der Waals surface area contributed by atoms with Crippen LogP contribution in [0.3, 0.4) is 0 Å². The fourth-order valence-corrected chi connectivity index (χ4v) is 3.65. The van der Waals surface area contributed by atoms with Gasteiger partial charge in [-0.1, -0.05) is 6.07 Å². The standard InChI is InChI=1S/C20H26N2O3/c1-15-4-6-18(25-15)17(22-8-2-3-9-22)14-21-13-16-5-7-19-20(12-16)24-11-10-23-19/h4-7,12,17,21H,2-3,8-11,13-14H2,1H3. The molecule has 0 aliphatic carbocycles. The van der Waals surface area contributed by atoms with E-state index in [0.717, 1.165) is 49.2 Å². The lowest BCUT2D eigenvalue weighted by atomic mass is 10.1. The summed E-state index contributed by atoms with van der Waals surface area (Å²) in [4.78, 5) is 2.52. The molecule has 5 nitrogen and oxygen atoms in total. The molecule has 2 aliphatic heterocycles.